The largest absolute Gasteiger partial charge is 0.497 e. The highest BCUT2D eigenvalue weighted by Crippen LogP contribution is 2.44. The van der Waals surface area contributed by atoms with E-state index in [9.17, 15) is 9.59 Å². The van der Waals surface area contributed by atoms with Crippen molar-refractivity contribution < 1.29 is 19.1 Å². The second-order valence-corrected chi connectivity index (χ2v) is 10.5. The van der Waals surface area contributed by atoms with Gasteiger partial charge in [-0.05, 0) is 55.5 Å². The summed E-state index contributed by atoms with van der Waals surface area (Å²) in [5, 5.41) is 3.46. The first-order valence-corrected chi connectivity index (χ1v) is 13.9. The first kappa shape index (κ1) is 26.4. The third kappa shape index (κ3) is 5.32. The third-order valence-corrected chi connectivity index (χ3v) is 7.94. The van der Waals surface area contributed by atoms with Gasteiger partial charge in [-0.3, -0.25) is 14.7 Å². The van der Waals surface area contributed by atoms with Crippen molar-refractivity contribution in [3.8, 4) is 11.5 Å². The summed E-state index contributed by atoms with van der Waals surface area (Å²) in [6.07, 6.45) is 5.68. The van der Waals surface area contributed by atoms with Crippen molar-refractivity contribution >= 4 is 29.4 Å². The molecule has 0 unspecified atom stereocenters. The highest BCUT2D eigenvalue weighted by Gasteiger charge is 2.47. The number of hydrogen-bond donors (Lipinski definition) is 1. The van der Waals surface area contributed by atoms with Crippen LogP contribution in [0.3, 0.4) is 0 Å². The number of amidine groups is 1. The molecule has 8 nitrogen and oxygen atoms in total. The molecule has 1 N–H and O–H groups in total. The van der Waals surface area contributed by atoms with Gasteiger partial charge in [0.2, 0.25) is 5.91 Å². The number of halogens is 1. The second-order valence-electron chi connectivity index (χ2n) is 10.1. The fraction of sp³-hybridized carbons (Fsp3) is 0.483. The van der Waals surface area contributed by atoms with Gasteiger partial charge in [0.25, 0.3) is 0 Å². The molecule has 2 aromatic carbocycles. The monoisotopic (exact) mass is 538 g/mol. The molecule has 0 aromatic heterocycles. The predicted octanol–water partition coefficient (Wildman–Crippen LogP) is 5.05. The van der Waals surface area contributed by atoms with Crippen LogP contribution in [0.2, 0.25) is 5.02 Å². The Bertz CT molecular complexity index is 1200. The average molecular weight is 539 g/mol. The van der Waals surface area contributed by atoms with E-state index < -0.39 is 0 Å². The smallest absolute Gasteiger partial charge is 0.326 e. The standard InChI is InChI=1S/C29H35ClN4O4/c1-3-38-24-17-22(37-2)13-14-23(24)28-32-26(19-7-5-4-6-8-19)27(20-9-11-21(30)12-10-20)34(28)29(36)33-16-15-31-25(35)18-33/h9-14,17,19,26-27H,3-8,15-16,18H2,1-2H3,(H,31,35)/t26-,27+/m1/s1. The van der Waals surface area contributed by atoms with Gasteiger partial charge in [-0.15, -0.1) is 0 Å². The maximum absolute atomic E-state index is 14.3. The first-order valence-electron chi connectivity index (χ1n) is 13.5. The Hall–Kier alpha value is -3.26. The fourth-order valence-corrected chi connectivity index (χ4v) is 5.98. The maximum atomic E-state index is 14.3. The van der Waals surface area contributed by atoms with Gasteiger partial charge >= 0.3 is 6.03 Å². The van der Waals surface area contributed by atoms with Crippen LogP contribution in [-0.4, -0.2) is 67.0 Å². The molecule has 38 heavy (non-hydrogen) atoms. The Kier molecular flexibility index (Phi) is 8.07. The number of rotatable bonds is 6. The molecule has 0 radical (unpaired) electrons. The molecule has 3 amide bonds. The molecule has 2 aromatic rings. The van der Waals surface area contributed by atoms with Crippen molar-refractivity contribution in [1.82, 2.24) is 15.1 Å². The van der Waals surface area contributed by atoms with Gasteiger partial charge in [-0.25, -0.2) is 4.79 Å². The molecule has 1 saturated heterocycles. The zero-order valence-electron chi connectivity index (χ0n) is 22.0. The number of urea groups is 1. The molecule has 2 fully saturated rings. The van der Waals surface area contributed by atoms with E-state index >= 15 is 0 Å². The number of nitrogens with one attached hydrogen (secondary N) is 1. The SMILES string of the molecule is CCOc1cc(OC)ccc1C1=N[C@H](C2CCCCC2)[C@H](c2ccc(Cl)cc2)N1C(=O)N1CCNC(=O)C1. The maximum Gasteiger partial charge on any atom is 0.326 e. The minimum Gasteiger partial charge on any atom is -0.497 e. The van der Waals surface area contributed by atoms with Crippen LogP contribution in [0.1, 0.15) is 56.2 Å². The molecule has 1 saturated carbocycles. The lowest BCUT2D eigenvalue weighted by molar-refractivity contribution is -0.123. The van der Waals surface area contributed by atoms with E-state index in [1.165, 1.54) is 6.42 Å². The van der Waals surface area contributed by atoms with Crippen molar-refractivity contribution in [2.75, 3.05) is 33.4 Å². The Balaban J connectivity index is 1.65. The zero-order chi connectivity index (χ0) is 26.6. The van der Waals surface area contributed by atoms with Crippen molar-refractivity contribution in [2.45, 2.75) is 51.1 Å². The van der Waals surface area contributed by atoms with Crippen LogP contribution in [0.15, 0.2) is 47.5 Å². The van der Waals surface area contributed by atoms with E-state index in [4.69, 9.17) is 26.1 Å². The number of carbonyl (C=O) groups excluding carboxylic acids is 2. The van der Waals surface area contributed by atoms with E-state index in [1.54, 1.807) is 16.9 Å². The fourth-order valence-electron chi connectivity index (χ4n) is 5.86. The Morgan fingerprint density at radius 2 is 1.89 bits per heavy atom. The van der Waals surface area contributed by atoms with Gasteiger partial charge in [0.15, 0.2) is 0 Å². The highest BCUT2D eigenvalue weighted by atomic mass is 35.5. The lowest BCUT2D eigenvalue weighted by Crippen LogP contribution is -2.55. The number of amides is 3. The van der Waals surface area contributed by atoms with Crippen LogP contribution in [0.25, 0.3) is 0 Å². The summed E-state index contributed by atoms with van der Waals surface area (Å²) in [6.45, 7) is 3.27. The van der Waals surface area contributed by atoms with Gasteiger partial charge in [-0.2, -0.15) is 0 Å². The summed E-state index contributed by atoms with van der Waals surface area (Å²) in [6, 6.07) is 12.6. The number of nitrogens with zero attached hydrogens (tertiary/aromatic N) is 3. The molecule has 2 heterocycles. The van der Waals surface area contributed by atoms with Crippen LogP contribution in [0.5, 0.6) is 11.5 Å². The number of carbonyl (C=O) groups is 2. The minimum atomic E-state index is -0.320. The normalized spacial score (nSPS) is 22.2. The van der Waals surface area contributed by atoms with E-state index in [2.05, 4.69) is 5.32 Å². The molecule has 202 valence electrons. The summed E-state index contributed by atoms with van der Waals surface area (Å²) in [7, 11) is 1.62. The van der Waals surface area contributed by atoms with Crippen LogP contribution in [-0.2, 0) is 4.79 Å². The zero-order valence-corrected chi connectivity index (χ0v) is 22.7. The molecule has 9 heteroatoms. The van der Waals surface area contributed by atoms with Gasteiger partial charge in [0.1, 0.15) is 23.9 Å². The second kappa shape index (κ2) is 11.6. The molecular formula is C29H35ClN4O4. The van der Waals surface area contributed by atoms with Crippen LogP contribution in [0.4, 0.5) is 4.79 Å². The van der Waals surface area contributed by atoms with E-state index in [-0.39, 0.29) is 30.6 Å². The predicted molar refractivity (Wildman–Crippen MR) is 147 cm³/mol. The lowest BCUT2D eigenvalue weighted by Gasteiger charge is -2.37. The van der Waals surface area contributed by atoms with Gasteiger partial charge < -0.3 is 19.7 Å². The van der Waals surface area contributed by atoms with E-state index in [0.29, 0.717) is 48.0 Å². The van der Waals surface area contributed by atoms with Crippen LogP contribution >= 0.6 is 11.6 Å². The van der Waals surface area contributed by atoms with Crippen LogP contribution in [0, 0.1) is 5.92 Å². The van der Waals surface area contributed by atoms with Crippen molar-refractivity contribution in [1.29, 1.82) is 0 Å². The molecule has 3 aliphatic rings. The molecule has 0 spiro atoms. The number of hydrogen-bond acceptors (Lipinski definition) is 5. The molecule has 0 bridgehead atoms. The summed E-state index contributed by atoms with van der Waals surface area (Å²) in [5.41, 5.74) is 1.71. The summed E-state index contributed by atoms with van der Waals surface area (Å²) >= 11 is 6.26. The molecule has 1 aliphatic carbocycles. The van der Waals surface area contributed by atoms with E-state index in [0.717, 1.165) is 36.8 Å². The van der Waals surface area contributed by atoms with Gasteiger partial charge in [0, 0.05) is 24.2 Å². The van der Waals surface area contributed by atoms with Crippen molar-refractivity contribution in [3.63, 3.8) is 0 Å². The number of methoxy groups -OCH3 is 1. The first-order chi connectivity index (χ1) is 18.5. The van der Waals surface area contributed by atoms with Gasteiger partial charge in [-0.1, -0.05) is 43.0 Å². The average Bonchev–Trinajstić information content (AvgIpc) is 3.34. The summed E-state index contributed by atoms with van der Waals surface area (Å²) in [5.74, 6) is 2.03. The Morgan fingerprint density at radius 1 is 1.13 bits per heavy atom. The minimum absolute atomic E-state index is 0.0188. The molecule has 5 rings (SSSR count). The molecular weight excluding hydrogens is 504 g/mol. The topological polar surface area (TPSA) is 83.5 Å². The van der Waals surface area contributed by atoms with Crippen LogP contribution < -0.4 is 14.8 Å². The number of piperazine rings is 1. The number of benzene rings is 2. The van der Waals surface area contributed by atoms with Crippen molar-refractivity contribution in [3.05, 3.63) is 58.6 Å². The Morgan fingerprint density at radius 3 is 2.58 bits per heavy atom. The third-order valence-electron chi connectivity index (χ3n) is 7.69. The quantitative estimate of drug-likeness (QED) is 0.558. The molecule has 2 aliphatic heterocycles. The van der Waals surface area contributed by atoms with Gasteiger partial charge in [0.05, 0.1) is 31.4 Å². The molecule has 2 atom stereocenters. The highest BCUT2D eigenvalue weighted by molar-refractivity contribution is 6.30. The number of ether oxygens (including phenoxy) is 2. The number of aliphatic imine (C=N–C) groups is 1. The van der Waals surface area contributed by atoms with E-state index in [1.807, 2.05) is 49.4 Å². The van der Waals surface area contributed by atoms with Crippen molar-refractivity contribution in [2.24, 2.45) is 10.9 Å². The lowest BCUT2D eigenvalue weighted by atomic mass is 9.80. The Labute approximate surface area is 228 Å². The summed E-state index contributed by atoms with van der Waals surface area (Å²) in [4.78, 5) is 35.3. The summed E-state index contributed by atoms with van der Waals surface area (Å²) < 4.78 is 11.5.